The molecule has 0 atom stereocenters. The van der Waals surface area contributed by atoms with Crippen molar-refractivity contribution < 1.29 is 27.5 Å². The van der Waals surface area contributed by atoms with Crippen molar-refractivity contribution in [1.82, 2.24) is 34.8 Å². The van der Waals surface area contributed by atoms with E-state index in [4.69, 9.17) is 20.2 Å². The van der Waals surface area contributed by atoms with Gasteiger partial charge >= 0.3 is 0 Å². The highest BCUT2D eigenvalue weighted by Crippen LogP contribution is 2.44. The molecule has 2 amide bonds. The standard InChI is InChI=1S/C29H34N8O6S/c1-42-14-15-43-29(28(39)35-13-10-23(38)34-35)11-8-19(9-12-29)24-25(44(2,40)41)26(30)37-27(33-24)22(17-32-37)20-16-31-36(18-20)21-6-4-3-5-7-21/h3-7,16-19H,8-15,30H2,1-2H3,(H,34,38)/t19-,29-. The van der Waals surface area contributed by atoms with Crippen LogP contribution in [0.15, 0.2) is 53.8 Å². The molecule has 0 bridgehead atoms. The van der Waals surface area contributed by atoms with Gasteiger partial charge in [-0.05, 0) is 37.8 Å². The van der Waals surface area contributed by atoms with E-state index in [2.05, 4.69) is 15.6 Å². The van der Waals surface area contributed by atoms with E-state index in [9.17, 15) is 18.0 Å². The Labute approximate surface area is 254 Å². The largest absolute Gasteiger partial charge is 0.382 e. The van der Waals surface area contributed by atoms with Crippen molar-refractivity contribution in [3.05, 3.63) is 54.6 Å². The summed E-state index contributed by atoms with van der Waals surface area (Å²) in [5, 5.41) is 10.2. The molecule has 3 aromatic heterocycles. The molecular weight excluding hydrogens is 588 g/mol. The monoisotopic (exact) mass is 622 g/mol. The number of aromatic nitrogens is 5. The predicted molar refractivity (Wildman–Crippen MR) is 159 cm³/mol. The van der Waals surface area contributed by atoms with E-state index in [1.54, 1.807) is 24.2 Å². The number of hydrazine groups is 1. The van der Waals surface area contributed by atoms with Crippen LogP contribution in [0.4, 0.5) is 5.82 Å². The van der Waals surface area contributed by atoms with Crippen molar-refractivity contribution in [3.63, 3.8) is 0 Å². The Morgan fingerprint density at radius 2 is 1.89 bits per heavy atom. The molecule has 1 saturated carbocycles. The summed E-state index contributed by atoms with van der Waals surface area (Å²) in [6.45, 7) is 0.743. The highest BCUT2D eigenvalue weighted by molar-refractivity contribution is 7.91. The lowest BCUT2D eigenvalue weighted by Gasteiger charge is -2.40. The maximum Gasteiger partial charge on any atom is 0.273 e. The molecule has 1 aliphatic carbocycles. The smallest absolute Gasteiger partial charge is 0.273 e. The number of methoxy groups -OCH3 is 1. The minimum absolute atomic E-state index is 0.0294. The lowest BCUT2D eigenvalue weighted by atomic mass is 9.76. The SMILES string of the molecule is COCCO[C@]1(C(=O)N2CCC(=O)N2)CC[C@@H](c2nc3c(-c4cnn(-c5ccccc5)c4)cnn3c(N)c2S(C)(=O)=O)CC1. The van der Waals surface area contributed by atoms with Gasteiger partial charge < -0.3 is 15.2 Å². The van der Waals surface area contributed by atoms with Gasteiger partial charge in [0.15, 0.2) is 15.5 Å². The summed E-state index contributed by atoms with van der Waals surface area (Å²) in [6, 6.07) is 9.63. The average molecular weight is 623 g/mol. The van der Waals surface area contributed by atoms with Crippen LogP contribution in [-0.2, 0) is 28.9 Å². The van der Waals surface area contributed by atoms with Gasteiger partial charge in [0.1, 0.15) is 16.3 Å². The minimum Gasteiger partial charge on any atom is -0.382 e. The molecule has 0 unspecified atom stereocenters. The first kappa shape index (κ1) is 29.7. The lowest BCUT2D eigenvalue weighted by molar-refractivity contribution is -0.168. The van der Waals surface area contributed by atoms with Gasteiger partial charge in [0.25, 0.3) is 5.91 Å². The van der Waals surface area contributed by atoms with Gasteiger partial charge in [-0.15, -0.1) is 0 Å². The van der Waals surface area contributed by atoms with Gasteiger partial charge in [-0.3, -0.25) is 20.0 Å². The van der Waals surface area contributed by atoms with E-state index >= 15 is 0 Å². The number of carbonyl (C=O) groups is 2. The van der Waals surface area contributed by atoms with Gasteiger partial charge in [-0.1, -0.05) is 18.2 Å². The molecule has 0 spiro atoms. The van der Waals surface area contributed by atoms with Crippen molar-refractivity contribution in [2.45, 2.75) is 48.5 Å². The van der Waals surface area contributed by atoms with Crippen molar-refractivity contribution in [3.8, 4) is 16.8 Å². The topological polar surface area (TPSA) is 176 Å². The summed E-state index contributed by atoms with van der Waals surface area (Å²) in [7, 11) is -2.26. The summed E-state index contributed by atoms with van der Waals surface area (Å²) in [4.78, 5) is 30.3. The van der Waals surface area contributed by atoms with Crippen LogP contribution < -0.4 is 11.2 Å². The first-order valence-electron chi connectivity index (χ1n) is 14.3. The fraction of sp³-hybridized carbons (Fsp3) is 0.414. The summed E-state index contributed by atoms with van der Waals surface area (Å²) in [6.07, 6.45) is 7.86. The quantitative estimate of drug-likeness (QED) is 0.262. The van der Waals surface area contributed by atoms with Crippen molar-refractivity contribution in [1.29, 1.82) is 0 Å². The molecule has 0 radical (unpaired) electrons. The number of hydrogen-bond donors (Lipinski definition) is 2. The number of nitrogens with zero attached hydrogens (tertiary/aromatic N) is 6. The summed E-state index contributed by atoms with van der Waals surface area (Å²) in [5.74, 6) is -0.909. The third kappa shape index (κ3) is 5.42. The van der Waals surface area contributed by atoms with E-state index in [-0.39, 0.29) is 48.0 Å². The summed E-state index contributed by atoms with van der Waals surface area (Å²) < 4.78 is 40.6. The van der Waals surface area contributed by atoms with Crippen molar-refractivity contribution in [2.75, 3.05) is 38.9 Å². The Kier molecular flexibility index (Phi) is 7.86. The first-order valence-corrected chi connectivity index (χ1v) is 16.2. The number of ether oxygens (including phenoxy) is 2. The highest BCUT2D eigenvalue weighted by Gasteiger charge is 2.47. The van der Waals surface area contributed by atoms with Crippen LogP contribution in [0.25, 0.3) is 22.5 Å². The summed E-state index contributed by atoms with van der Waals surface area (Å²) in [5.41, 5.74) is 10.9. The molecule has 1 aromatic carbocycles. The fourth-order valence-electron chi connectivity index (χ4n) is 6.03. The molecule has 4 aromatic rings. The van der Waals surface area contributed by atoms with Crippen LogP contribution in [0.5, 0.6) is 0 Å². The Morgan fingerprint density at radius 1 is 1.14 bits per heavy atom. The van der Waals surface area contributed by atoms with E-state index in [0.717, 1.165) is 17.5 Å². The maximum absolute atomic E-state index is 13.6. The van der Waals surface area contributed by atoms with Gasteiger partial charge in [-0.2, -0.15) is 14.7 Å². The normalized spacial score (nSPS) is 20.7. The number of benzene rings is 1. The van der Waals surface area contributed by atoms with Crippen LogP contribution in [0, 0.1) is 0 Å². The molecule has 3 N–H and O–H groups in total. The molecule has 15 heteroatoms. The third-order valence-corrected chi connectivity index (χ3v) is 9.41. The van der Waals surface area contributed by atoms with E-state index < -0.39 is 15.4 Å². The van der Waals surface area contributed by atoms with Gasteiger partial charge in [0.2, 0.25) is 5.91 Å². The van der Waals surface area contributed by atoms with Crippen LogP contribution >= 0.6 is 0 Å². The van der Waals surface area contributed by atoms with Crippen molar-refractivity contribution >= 4 is 33.1 Å². The number of sulfone groups is 1. The van der Waals surface area contributed by atoms with Crippen LogP contribution in [-0.4, -0.2) is 88.3 Å². The number of nitrogens with two attached hydrogens (primary N) is 1. The predicted octanol–water partition coefficient (Wildman–Crippen LogP) is 1.89. The number of nitrogen functional groups attached to an aromatic ring is 1. The molecule has 44 heavy (non-hydrogen) atoms. The fourth-order valence-corrected chi connectivity index (χ4v) is 7.09. The molecule has 1 aliphatic heterocycles. The highest BCUT2D eigenvalue weighted by atomic mass is 32.2. The molecular formula is C29H34N8O6S. The van der Waals surface area contributed by atoms with Gasteiger partial charge in [0, 0.05) is 43.0 Å². The molecule has 1 saturated heterocycles. The number of carbonyl (C=O) groups excluding carboxylic acids is 2. The van der Waals surface area contributed by atoms with E-state index in [0.29, 0.717) is 49.2 Å². The Morgan fingerprint density at radius 3 is 2.55 bits per heavy atom. The number of fused-ring (bicyclic) bond motifs is 1. The molecule has 6 rings (SSSR count). The molecule has 2 fully saturated rings. The zero-order chi connectivity index (χ0) is 31.1. The van der Waals surface area contributed by atoms with E-state index in [1.807, 2.05) is 36.5 Å². The number of para-hydroxylation sites is 1. The first-order chi connectivity index (χ1) is 21.1. The van der Waals surface area contributed by atoms with Crippen molar-refractivity contribution in [2.24, 2.45) is 0 Å². The Bertz CT molecular complexity index is 1810. The molecule has 14 nitrogen and oxygen atoms in total. The number of nitrogens with one attached hydrogen (secondary N) is 1. The Hall–Kier alpha value is -4.34. The van der Waals surface area contributed by atoms with Gasteiger partial charge in [0.05, 0.1) is 43.5 Å². The third-order valence-electron chi connectivity index (χ3n) is 8.25. The van der Waals surface area contributed by atoms with Crippen LogP contribution in [0.3, 0.4) is 0 Å². The number of hydrogen-bond acceptors (Lipinski definition) is 10. The zero-order valence-electron chi connectivity index (χ0n) is 24.5. The van der Waals surface area contributed by atoms with Crippen LogP contribution in [0.1, 0.15) is 43.7 Å². The molecule has 232 valence electrons. The lowest BCUT2D eigenvalue weighted by Crippen LogP contribution is -2.55. The number of amides is 2. The average Bonchev–Trinajstić information content (AvgIpc) is 3.77. The van der Waals surface area contributed by atoms with Gasteiger partial charge in [-0.25, -0.2) is 18.1 Å². The second-order valence-electron chi connectivity index (χ2n) is 11.1. The second-order valence-corrected chi connectivity index (χ2v) is 13.1. The minimum atomic E-state index is -3.81. The van der Waals surface area contributed by atoms with Crippen LogP contribution in [0.2, 0.25) is 0 Å². The summed E-state index contributed by atoms with van der Waals surface area (Å²) >= 11 is 0. The maximum atomic E-state index is 13.6. The number of anilines is 1. The van der Waals surface area contributed by atoms with E-state index in [1.165, 1.54) is 9.52 Å². The zero-order valence-corrected chi connectivity index (χ0v) is 25.3. The molecule has 2 aliphatic rings. The number of rotatable bonds is 9. The Balaban J connectivity index is 1.36. The molecule has 4 heterocycles. The second kappa shape index (κ2) is 11.6.